The van der Waals surface area contributed by atoms with E-state index in [0.29, 0.717) is 43.1 Å². The van der Waals surface area contributed by atoms with Crippen molar-refractivity contribution in [3.05, 3.63) is 76.1 Å². The van der Waals surface area contributed by atoms with Gasteiger partial charge in [0.2, 0.25) is 0 Å². The molecule has 0 bridgehead atoms. The number of carboxylic acid groups (broad SMARTS) is 1. The normalized spacial score (nSPS) is 17.9. The van der Waals surface area contributed by atoms with Crippen LogP contribution in [0.1, 0.15) is 66.5 Å². The highest BCUT2D eigenvalue weighted by Crippen LogP contribution is 2.45. The van der Waals surface area contributed by atoms with Gasteiger partial charge in [-0.3, -0.25) is 4.79 Å². The van der Waals surface area contributed by atoms with Gasteiger partial charge in [-0.25, -0.2) is 4.39 Å². The van der Waals surface area contributed by atoms with E-state index in [4.69, 9.17) is 19.3 Å². The summed E-state index contributed by atoms with van der Waals surface area (Å²) >= 11 is 0. The number of aryl methyl sites for hydroxylation is 2. The van der Waals surface area contributed by atoms with Crippen LogP contribution in [0.15, 0.2) is 42.5 Å². The topological polar surface area (TPSA) is 85.2 Å². The second kappa shape index (κ2) is 10.5. The van der Waals surface area contributed by atoms with Gasteiger partial charge in [-0.05, 0) is 78.8 Å². The fourth-order valence-electron chi connectivity index (χ4n) is 5.66. The first kappa shape index (κ1) is 27.0. The van der Waals surface area contributed by atoms with Gasteiger partial charge in [-0.1, -0.05) is 26.0 Å². The van der Waals surface area contributed by atoms with Crippen molar-refractivity contribution in [2.75, 3.05) is 19.8 Å². The monoisotopic (exact) mass is 534 g/mol. The summed E-state index contributed by atoms with van der Waals surface area (Å²) in [5.74, 6) is 0.637. The average Bonchev–Trinajstić information content (AvgIpc) is 3.48. The van der Waals surface area contributed by atoms with Crippen molar-refractivity contribution >= 4 is 5.97 Å². The third-order valence-corrected chi connectivity index (χ3v) is 7.68. The molecule has 7 heteroatoms. The van der Waals surface area contributed by atoms with Crippen LogP contribution >= 0.6 is 0 Å². The van der Waals surface area contributed by atoms with E-state index in [1.165, 1.54) is 6.07 Å². The fraction of sp³-hybridized carbons (Fsp3) is 0.406. The lowest BCUT2D eigenvalue weighted by Crippen LogP contribution is -2.25. The number of aliphatic carboxylic acids is 1. The number of ether oxygens (including phenoxy) is 3. The third-order valence-electron chi connectivity index (χ3n) is 7.68. The van der Waals surface area contributed by atoms with Gasteiger partial charge in [0.1, 0.15) is 29.2 Å². The van der Waals surface area contributed by atoms with E-state index in [1.807, 2.05) is 58.0 Å². The Bertz CT molecular complexity index is 1390. The first-order chi connectivity index (χ1) is 18.6. The molecule has 3 aromatic rings. The van der Waals surface area contributed by atoms with E-state index in [9.17, 15) is 9.90 Å². The standard InChI is InChI=1S/C32H35FO6/c1-18-11-22(38-17-32(3,4)16-34)12-19(2)30(18)24-7-9-26(33)31-25(24)8-10-27(31)39-21-5-6-23-20(13-29(35)36)15-37-28(23)14-21/h5-7,9,11-12,14,20,27,34H,8,10,13,15-17H2,1-4H3,(H,35,36)/t20-,27-/m1/s1. The van der Waals surface area contributed by atoms with Crippen molar-refractivity contribution in [2.24, 2.45) is 5.41 Å². The lowest BCUT2D eigenvalue weighted by molar-refractivity contribution is -0.137. The molecule has 0 unspecified atom stereocenters. The highest BCUT2D eigenvalue weighted by Gasteiger charge is 2.32. The van der Waals surface area contributed by atoms with E-state index in [-0.39, 0.29) is 30.2 Å². The Hall–Kier alpha value is -3.58. The summed E-state index contributed by atoms with van der Waals surface area (Å²) in [7, 11) is 0. The molecule has 0 amide bonds. The zero-order chi connectivity index (χ0) is 27.9. The summed E-state index contributed by atoms with van der Waals surface area (Å²) in [6.07, 6.45) is 0.928. The maximum absolute atomic E-state index is 15.2. The number of rotatable bonds is 9. The van der Waals surface area contributed by atoms with Crippen molar-refractivity contribution in [3.63, 3.8) is 0 Å². The summed E-state index contributed by atoms with van der Waals surface area (Å²) < 4.78 is 33.2. The third kappa shape index (κ3) is 5.46. The average molecular weight is 535 g/mol. The van der Waals surface area contributed by atoms with Gasteiger partial charge in [0, 0.05) is 28.5 Å². The number of fused-ring (bicyclic) bond motifs is 2. The molecule has 0 saturated carbocycles. The molecule has 2 atom stereocenters. The molecule has 0 saturated heterocycles. The van der Waals surface area contributed by atoms with Crippen LogP contribution in [-0.4, -0.2) is 36.0 Å². The largest absolute Gasteiger partial charge is 0.493 e. The van der Waals surface area contributed by atoms with E-state index in [2.05, 4.69) is 0 Å². The smallest absolute Gasteiger partial charge is 0.304 e. The molecule has 2 N–H and O–H groups in total. The molecule has 0 fully saturated rings. The number of halogens is 1. The highest BCUT2D eigenvalue weighted by molar-refractivity contribution is 5.76. The summed E-state index contributed by atoms with van der Waals surface area (Å²) in [6.45, 7) is 8.75. The van der Waals surface area contributed by atoms with Crippen LogP contribution in [0.2, 0.25) is 0 Å². The molecule has 0 spiro atoms. The fourth-order valence-corrected chi connectivity index (χ4v) is 5.66. The van der Waals surface area contributed by atoms with Crippen molar-refractivity contribution < 1.29 is 33.6 Å². The number of benzene rings is 3. The highest BCUT2D eigenvalue weighted by atomic mass is 19.1. The Morgan fingerprint density at radius 2 is 1.85 bits per heavy atom. The van der Waals surface area contributed by atoms with Crippen molar-refractivity contribution in [1.29, 1.82) is 0 Å². The lowest BCUT2D eigenvalue weighted by Gasteiger charge is -2.23. The van der Waals surface area contributed by atoms with E-state index >= 15 is 4.39 Å². The molecule has 3 aromatic carbocycles. The number of hydrogen-bond donors (Lipinski definition) is 2. The lowest BCUT2D eigenvalue weighted by atomic mass is 9.90. The van der Waals surface area contributed by atoms with Crippen LogP contribution in [0.5, 0.6) is 17.2 Å². The van der Waals surface area contributed by atoms with Crippen LogP contribution < -0.4 is 14.2 Å². The molecule has 1 aliphatic heterocycles. The van der Waals surface area contributed by atoms with E-state index < -0.39 is 12.1 Å². The van der Waals surface area contributed by atoms with E-state index in [0.717, 1.165) is 39.1 Å². The first-order valence-corrected chi connectivity index (χ1v) is 13.4. The molecule has 0 radical (unpaired) electrons. The number of aliphatic hydroxyl groups is 1. The first-order valence-electron chi connectivity index (χ1n) is 13.4. The molecular weight excluding hydrogens is 499 g/mol. The van der Waals surface area contributed by atoms with Gasteiger partial charge in [0.15, 0.2) is 0 Å². The number of hydrogen-bond acceptors (Lipinski definition) is 5. The minimum Gasteiger partial charge on any atom is -0.493 e. The van der Waals surface area contributed by atoms with Gasteiger partial charge in [-0.15, -0.1) is 0 Å². The predicted octanol–water partition coefficient (Wildman–Crippen LogP) is 6.52. The molecule has 2 aliphatic rings. The summed E-state index contributed by atoms with van der Waals surface area (Å²) in [5, 5.41) is 18.7. The second-order valence-electron chi connectivity index (χ2n) is 11.5. The van der Waals surface area contributed by atoms with Crippen LogP contribution in [0.3, 0.4) is 0 Å². The Balaban J connectivity index is 1.40. The van der Waals surface area contributed by atoms with E-state index in [1.54, 1.807) is 6.07 Å². The molecule has 1 heterocycles. The molecular formula is C32H35FO6. The Kier molecular flexibility index (Phi) is 7.29. The van der Waals surface area contributed by atoms with Crippen molar-refractivity contribution in [1.82, 2.24) is 0 Å². The second-order valence-corrected chi connectivity index (χ2v) is 11.5. The van der Waals surface area contributed by atoms with Gasteiger partial charge in [0.05, 0.1) is 26.2 Å². The van der Waals surface area contributed by atoms with Gasteiger partial charge >= 0.3 is 5.97 Å². The van der Waals surface area contributed by atoms with Gasteiger partial charge in [0.25, 0.3) is 0 Å². The number of aliphatic hydroxyl groups excluding tert-OH is 1. The number of carbonyl (C=O) groups is 1. The van der Waals surface area contributed by atoms with Crippen LogP contribution in [0.25, 0.3) is 11.1 Å². The Morgan fingerprint density at radius 3 is 2.54 bits per heavy atom. The van der Waals surface area contributed by atoms with Crippen molar-refractivity contribution in [3.8, 4) is 28.4 Å². The van der Waals surface area contributed by atoms with Crippen molar-refractivity contribution in [2.45, 2.75) is 59.0 Å². The van der Waals surface area contributed by atoms with Crippen LogP contribution in [-0.2, 0) is 11.2 Å². The molecule has 0 aromatic heterocycles. The maximum Gasteiger partial charge on any atom is 0.304 e. The summed E-state index contributed by atoms with van der Waals surface area (Å²) in [5.41, 5.74) is 6.22. The minimum absolute atomic E-state index is 0.0176. The maximum atomic E-state index is 15.2. The molecule has 5 rings (SSSR count). The zero-order valence-electron chi connectivity index (χ0n) is 22.8. The predicted molar refractivity (Wildman–Crippen MR) is 146 cm³/mol. The summed E-state index contributed by atoms with van der Waals surface area (Å²) in [4.78, 5) is 11.1. The number of carboxylic acids is 1. The van der Waals surface area contributed by atoms with Gasteiger partial charge < -0.3 is 24.4 Å². The molecule has 206 valence electrons. The molecule has 6 nitrogen and oxygen atoms in total. The molecule has 1 aliphatic carbocycles. The Labute approximate surface area is 228 Å². The molecule has 39 heavy (non-hydrogen) atoms. The van der Waals surface area contributed by atoms with Gasteiger partial charge in [-0.2, -0.15) is 0 Å². The SMILES string of the molecule is Cc1cc(OCC(C)(C)CO)cc(C)c1-c1ccc(F)c2c1CC[C@H]2Oc1ccc2c(c1)OC[C@H]2CC(=O)O. The quantitative estimate of drug-likeness (QED) is 0.325. The zero-order valence-corrected chi connectivity index (χ0v) is 22.8. The Morgan fingerprint density at radius 1 is 1.10 bits per heavy atom. The summed E-state index contributed by atoms with van der Waals surface area (Å²) in [6, 6.07) is 12.8. The minimum atomic E-state index is -0.857. The van der Waals surface area contributed by atoms with Crippen LogP contribution in [0.4, 0.5) is 4.39 Å². The van der Waals surface area contributed by atoms with Crippen LogP contribution in [0, 0.1) is 25.1 Å².